The molecule has 9 nitrogen and oxygen atoms in total. The van der Waals surface area contributed by atoms with Gasteiger partial charge in [-0.15, -0.1) is 0 Å². The number of aryl methyl sites for hydroxylation is 1. The summed E-state index contributed by atoms with van der Waals surface area (Å²) in [5.41, 5.74) is 4.87. The summed E-state index contributed by atoms with van der Waals surface area (Å²) in [5, 5.41) is 18.0. The van der Waals surface area contributed by atoms with Gasteiger partial charge in [-0.3, -0.25) is 9.59 Å². The Morgan fingerprint density at radius 3 is 2.48 bits per heavy atom. The molecule has 3 heterocycles. The molecule has 4 aromatic rings. The van der Waals surface area contributed by atoms with E-state index in [1.165, 1.54) is 6.07 Å². The largest absolute Gasteiger partial charge is 0.416 e. The van der Waals surface area contributed by atoms with Crippen LogP contribution >= 0.6 is 0 Å². The Morgan fingerprint density at radius 1 is 1.00 bits per heavy atom. The summed E-state index contributed by atoms with van der Waals surface area (Å²) in [7, 11) is 1.96. The minimum atomic E-state index is -4.60. The average Bonchev–Trinajstić information content (AvgIpc) is 3.61. The third kappa shape index (κ3) is 6.45. The van der Waals surface area contributed by atoms with E-state index in [0.717, 1.165) is 17.7 Å². The van der Waals surface area contributed by atoms with Gasteiger partial charge in [-0.2, -0.15) is 18.4 Å². The van der Waals surface area contributed by atoms with Gasteiger partial charge in [0.05, 0.1) is 22.4 Å². The van der Waals surface area contributed by atoms with Crippen molar-refractivity contribution in [1.82, 2.24) is 9.88 Å². The zero-order chi connectivity index (χ0) is 32.6. The van der Waals surface area contributed by atoms with Crippen molar-refractivity contribution in [2.24, 2.45) is 0 Å². The fraction of sp³-hybridized carbons (Fsp3) is 0.206. The number of amides is 2. The maximum absolute atomic E-state index is 13.8. The van der Waals surface area contributed by atoms with E-state index in [9.17, 15) is 22.8 Å². The fourth-order valence-corrected chi connectivity index (χ4v) is 5.48. The molecule has 2 aliphatic rings. The molecule has 4 N–H and O–H groups in total. The number of alkyl halides is 3. The first kappa shape index (κ1) is 30.5. The van der Waals surface area contributed by atoms with Gasteiger partial charge >= 0.3 is 6.18 Å². The molecule has 0 aliphatic carbocycles. The number of piperazine rings is 1. The SMILES string of the molecule is Cc1ccc(NC(=O)c2cc(N3CCN(C)CC3)cc(C(F)(F)F)c2)cc1Nc1ccc2c(c1)NC(=O)/C2=C\c1cc(C#N)c[nH]1. The van der Waals surface area contributed by atoms with Crippen molar-refractivity contribution in [2.75, 3.05) is 54.1 Å². The first-order valence-electron chi connectivity index (χ1n) is 14.6. The maximum atomic E-state index is 13.8. The van der Waals surface area contributed by atoms with Gasteiger partial charge in [-0.1, -0.05) is 12.1 Å². The molecule has 0 bridgehead atoms. The summed E-state index contributed by atoms with van der Waals surface area (Å²) in [6, 6.07) is 17.8. The molecule has 6 rings (SSSR count). The van der Waals surface area contributed by atoms with E-state index in [0.29, 0.717) is 77.0 Å². The van der Waals surface area contributed by atoms with E-state index >= 15 is 0 Å². The molecule has 2 amide bonds. The van der Waals surface area contributed by atoms with Crippen LogP contribution in [-0.4, -0.2) is 54.9 Å². The number of H-pyrrole nitrogens is 1. The number of nitrogens with one attached hydrogen (secondary N) is 4. The lowest BCUT2D eigenvalue weighted by Gasteiger charge is -2.34. The number of halogens is 3. The maximum Gasteiger partial charge on any atom is 0.416 e. The van der Waals surface area contributed by atoms with Gasteiger partial charge in [-0.25, -0.2) is 0 Å². The van der Waals surface area contributed by atoms with Crippen molar-refractivity contribution in [2.45, 2.75) is 13.1 Å². The normalized spacial score (nSPS) is 15.8. The van der Waals surface area contributed by atoms with Gasteiger partial charge < -0.3 is 30.7 Å². The molecule has 0 unspecified atom stereocenters. The molecule has 1 saturated heterocycles. The van der Waals surface area contributed by atoms with Crippen LogP contribution in [0.3, 0.4) is 0 Å². The minimum absolute atomic E-state index is 0.0831. The number of likely N-dealkylation sites (N-methyl/N-ethyl adjacent to an activating group) is 1. The highest BCUT2D eigenvalue weighted by atomic mass is 19.4. The van der Waals surface area contributed by atoms with Crippen LogP contribution in [0.1, 0.15) is 38.3 Å². The van der Waals surface area contributed by atoms with Gasteiger partial charge in [-0.05, 0) is 74.1 Å². The van der Waals surface area contributed by atoms with Gasteiger partial charge in [0.1, 0.15) is 6.07 Å². The summed E-state index contributed by atoms with van der Waals surface area (Å²) in [6.45, 7) is 4.42. The van der Waals surface area contributed by atoms with Gasteiger partial charge in [0.2, 0.25) is 0 Å². The van der Waals surface area contributed by atoms with Gasteiger partial charge in [0, 0.05) is 71.9 Å². The Balaban J connectivity index is 1.21. The predicted octanol–water partition coefficient (Wildman–Crippen LogP) is 6.45. The number of carbonyl (C=O) groups excluding carboxylic acids is 2. The second-order valence-electron chi connectivity index (χ2n) is 11.4. The highest BCUT2D eigenvalue weighted by Crippen LogP contribution is 2.37. The lowest BCUT2D eigenvalue weighted by Crippen LogP contribution is -2.44. The van der Waals surface area contributed by atoms with Crippen LogP contribution in [0, 0.1) is 18.3 Å². The second-order valence-corrected chi connectivity index (χ2v) is 11.4. The van der Waals surface area contributed by atoms with Crippen LogP contribution in [0.5, 0.6) is 0 Å². The molecular weight excluding hydrogens is 595 g/mol. The molecular formula is C34H30F3N7O2. The molecule has 0 spiro atoms. The third-order valence-corrected chi connectivity index (χ3v) is 8.09. The van der Waals surface area contributed by atoms with Crippen molar-refractivity contribution in [3.8, 4) is 6.07 Å². The van der Waals surface area contributed by atoms with E-state index in [2.05, 4.69) is 25.8 Å². The summed E-state index contributed by atoms with van der Waals surface area (Å²) in [4.78, 5) is 32.9. The van der Waals surface area contributed by atoms with Crippen LogP contribution in [-0.2, 0) is 11.0 Å². The number of rotatable bonds is 6. The number of nitriles is 1. The number of aromatic nitrogens is 1. The van der Waals surface area contributed by atoms with Crippen molar-refractivity contribution in [1.29, 1.82) is 5.26 Å². The van der Waals surface area contributed by atoms with Crippen LogP contribution < -0.4 is 20.9 Å². The predicted molar refractivity (Wildman–Crippen MR) is 172 cm³/mol. The van der Waals surface area contributed by atoms with E-state index in [1.807, 2.05) is 37.1 Å². The monoisotopic (exact) mass is 625 g/mol. The van der Waals surface area contributed by atoms with Crippen LogP contribution in [0.15, 0.2) is 66.9 Å². The second kappa shape index (κ2) is 12.1. The molecule has 1 fully saturated rings. The van der Waals surface area contributed by atoms with Crippen molar-refractivity contribution in [3.05, 3.63) is 100 Å². The third-order valence-electron chi connectivity index (χ3n) is 8.09. The fourth-order valence-electron chi connectivity index (χ4n) is 5.48. The van der Waals surface area contributed by atoms with E-state index in [4.69, 9.17) is 5.26 Å². The van der Waals surface area contributed by atoms with Gasteiger partial charge in [0.15, 0.2) is 0 Å². The van der Waals surface area contributed by atoms with Crippen LogP contribution in [0.25, 0.3) is 11.6 Å². The van der Waals surface area contributed by atoms with Crippen molar-refractivity contribution < 1.29 is 22.8 Å². The molecule has 0 atom stereocenters. The minimum Gasteiger partial charge on any atom is -0.369 e. The number of anilines is 5. The molecule has 234 valence electrons. The van der Waals surface area contributed by atoms with E-state index in [-0.39, 0.29) is 11.5 Å². The molecule has 12 heteroatoms. The van der Waals surface area contributed by atoms with Gasteiger partial charge in [0.25, 0.3) is 11.8 Å². The Labute approximate surface area is 263 Å². The molecule has 3 aromatic carbocycles. The van der Waals surface area contributed by atoms with Crippen molar-refractivity contribution >= 4 is 51.9 Å². The first-order chi connectivity index (χ1) is 22.0. The number of hydrogen-bond donors (Lipinski definition) is 4. The zero-order valence-corrected chi connectivity index (χ0v) is 25.0. The Kier molecular flexibility index (Phi) is 8.02. The molecule has 1 aromatic heterocycles. The topological polar surface area (TPSA) is 116 Å². The standard InChI is InChI=1S/C34H30F3N7O2/c1-20-3-4-25(41-32(45)22-12-23(34(35,36)37)14-27(13-22)44-9-7-43(2)8-10-44)16-30(20)40-24-5-6-28-29(33(46)42-31(28)17-24)15-26-11-21(18-38)19-39-26/h3-6,11-17,19,39-40H,7-10H2,1-2H3,(H,41,45)(H,42,46)/b29-15-. The molecule has 0 radical (unpaired) electrons. The van der Waals surface area contributed by atoms with Crippen LogP contribution in [0.2, 0.25) is 0 Å². The average molecular weight is 626 g/mol. The summed E-state index contributed by atoms with van der Waals surface area (Å²) in [5.74, 6) is -0.925. The number of fused-ring (bicyclic) bond motifs is 1. The zero-order valence-electron chi connectivity index (χ0n) is 25.0. The number of benzene rings is 3. The summed E-state index contributed by atoms with van der Waals surface area (Å²) in [6.07, 6.45) is -1.35. The Hall–Kier alpha value is -5.54. The lowest BCUT2D eigenvalue weighted by molar-refractivity contribution is -0.137. The summed E-state index contributed by atoms with van der Waals surface area (Å²) >= 11 is 0. The molecule has 0 saturated carbocycles. The molecule has 2 aliphatic heterocycles. The Morgan fingerprint density at radius 2 is 1.76 bits per heavy atom. The quantitative estimate of drug-likeness (QED) is 0.183. The first-order valence-corrected chi connectivity index (χ1v) is 14.6. The highest BCUT2D eigenvalue weighted by Gasteiger charge is 2.33. The van der Waals surface area contributed by atoms with Crippen molar-refractivity contribution in [3.63, 3.8) is 0 Å². The number of carbonyl (C=O) groups is 2. The van der Waals surface area contributed by atoms with Crippen LogP contribution in [0.4, 0.5) is 41.6 Å². The molecule has 46 heavy (non-hydrogen) atoms. The lowest BCUT2D eigenvalue weighted by atomic mass is 10.0. The van der Waals surface area contributed by atoms with E-state index < -0.39 is 17.6 Å². The summed E-state index contributed by atoms with van der Waals surface area (Å²) < 4.78 is 41.4. The number of aromatic amines is 1. The smallest absolute Gasteiger partial charge is 0.369 e. The van der Waals surface area contributed by atoms with E-state index in [1.54, 1.807) is 42.6 Å². The highest BCUT2D eigenvalue weighted by molar-refractivity contribution is 6.35. The number of hydrogen-bond acceptors (Lipinski definition) is 6. The Bertz CT molecular complexity index is 1910. The number of nitrogens with zero attached hydrogens (tertiary/aromatic N) is 3.